The van der Waals surface area contributed by atoms with E-state index in [-0.39, 0.29) is 0 Å². The Morgan fingerprint density at radius 3 is 2.53 bits per heavy atom. The molecule has 0 bridgehead atoms. The Hall–Kier alpha value is -0.0800. The molecule has 1 fully saturated rings. The van der Waals surface area contributed by atoms with Gasteiger partial charge in [-0.2, -0.15) is 0 Å². The van der Waals surface area contributed by atoms with Crippen LogP contribution >= 0.6 is 0 Å². The monoisotopic (exact) mass is 241 g/mol. The van der Waals surface area contributed by atoms with E-state index in [2.05, 4.69) is 12.2 Å². The number of ether oxygens (including phenoxy) is 1. The normalized spacial score (nSPS) is 20.6. The molecule has 0 amide bonds. The minimum Gasteiger partial charge on any atom is -0.381 e. The maximum absolute atomic E-state index is 5.61. The maximum atomic E-state index is 5.61. The Morgan fingerprint density at radius 1 is 1.00 bits per heavy atom. The zero-order valence-electron chi connectivity index (χ0n) is 11.7. The van der Waals surface area contributed by atoms with Crippen LogP contribution in [0.5, 0.6) is 0 Å². The van der Waals surface area contributed by atoms with E-state index in [4.69, 9.17) is 4.74 Å². The van der Waals surface area contributed by atoms with Crippen molar-refractivity contribution < 1.29 is 4.74 Å². The first-order chi connectivity index (χ1) is 8.43. The Kier molecular flexibility index (Phi) is 9.72. The van der Waals surface area contributed by atoms with Crippen LogP contribution in [0.25, 0.3) is 0 Å². The second kappa shape index (κ2) is 11.0. The Morgan fingerprint density at radius 2 is 1.82 bits per heavy atom. The van der Waals surface area contributed by atoms with Gasteiger partial charge in [0.2, 0.25) is 0 Å². The number of unbranched alkanes of at least 4 members (excludes halogenated alkanes) is 4. The summed E-state index contributed by atoms with van der Waals surface area (Å²) in [5, 5.41) is 3.61. The lowest BCUT2D eigenvalue weighted by molar-refractivity contribution is 0.126. The van der Waals surface area contributed by atoms with E-state index >= 15 is 0 Å². The van der Waals surface area contributed by atoms with Crippen molar-refractivity contribution in [2.75, 3.05) is 19.8 Å². The third-order valence-corrected chi connectivity index (χ3v) is 3.65. The number of piperidine rings is 1. The summed E-state index contributed by atoms with van der Waals surface area (Å²) in [7, 11) is 0. The summed E-state index contributed by atoms with van der Waals surface area (Å²) in [6.07, 6.45) is 13.4. The van der Waals surface area contributed by atoms with Crippen molar-refractivity contribution >= 4 is 0 Å². The van der Waals surface area contributed by atoms with Crippen molar-refractivity contribution in [2.45, 2.75) is 77.2 Å². The molecule has 2 heteroatoms. The minimum absolute atomic E-state index is 0.814. The van der Waals surface area contributed by atoms with Crippen molar-refractivity contribution in [3.05, 3.63) is 0 Å². The molecule has 1 N–H and O–H groups in total. The van der Waals surface area contributed by atoms with Crippen LogP contribution in [-0.4, -0.2) is 25.8 Å². The average Bonchev–Trinajstić information content (AvgIpc) is 2.38. The third-order valence-electron chi connectivity index (χ3n) is 3.65. The molecule has 0 spiro atoms. The van der Waals surface area contributed by atoms with E-state index < -0.39 is 0 Å². The predicted molar refractivity (Wildman–Crippen MR) is 74.5 cm³/mol. The summed E-state index contributed by atoms with van der Waals surface area (Å²) in [6.45, 7) is 5.42. The second-order valence-corrected chi connectivity index (χ2v) is 5.32. The van der Waals surface area contributed by atoms with E-state index in [0.29, 0.717) is 0 Å². The number of nitrogens with one attached hydrogen (secondary N) is 1. The predicted octanol–water partition coefficient (Wildman–Crippen LogP) is 3.90. The number of hydrogen-bond donors (Lipinski definition) is 1. The second-order valence-electron chi connectivity index (χ2n) is 5.32. The molecule has 1 aliphatic rings. The fourth-order valence-corrected chi connectivity index (χ4v) is 2.50. The Balaban J connectivity index is 1.75. The number of rotatable bonds is 10. The fourth-order valence-electron chi connectivity index (χ4n) is 2.50. The SMILES string of the molecule is CCCCCOCCCCCC1CCCCN1. The van der Waals surface area contributed by atoms with Crippen molar-refractivity contribution in [1.29, 1.82) is 0 Å². The van der Waals surface area contributed by atoms with Gasteiger partial charge < -0.3 is 10.1 Å². The first kappa shape index (κ1) is 15.0. The summed E-state index contributed by atoms with van der Waals surface area (Å²) >= 11 is 0. The van der Waals surface area contributed by atoms with Gasteiger partial charge in [-0.15, -0.1) is 0 Å². The lowest BCUT2D eigenvalue weighted by Crippen LogP contribution is -2.33. The van der Waals surface area contributed by atoms with Crippen LogP contribution in [0.4, 0.5) is 0 Å². The summed E-state index contributed by atoms with van der Waals surface area (Å²) in [5.41, 5.74) is 0. The van der Waals surface area contributed by atoms with Gasteiger partial charge in [0, 0.05) is 19.3 Å². The highest BCUT2D eigenvalue weighted by Gasteiger charge is 2.11. The molecule has 0 aromatic rings. The van der Waals surface area contributed by atoms with Gasteiger partial charge in [-0.1, -0.05) is 39.0 Å². The van der Waals surface area contributed by atoms with Gasteiger partial charge in [-0.25, -0.2) is 0 Å². The highest BCUT2D eigenvalue weighted by Crippen LogP contribution is 2.13. The first-order valence-corrected chi connectivity index (χ1v) is 7.74. The van der Waals surface area contributed by atoms with Crippen molar-refractivity contribution in [3.63, 3.8) is 0 Å². The third kappa shape index (κ3) is 8.62. The van der Waals surface area contributed by atoms with Gasteiger partial charge in [-0.05, 0) is 38.6 Å². The van der Waals surface area contributed by atoms with Gasteiger partial charge in [-0.3, -0.25) is 0 Å². The smallest absolute Gasteiger partial charge is 0.0466 e. The lowest BCUT2D eigenvalue weighted by atomic mass is 9.99. The zero-order chi connectivity index (χ0) is 12.2. The van der Waals surface area contributed by atoms with Crippen LogP contribution in [0.15, 0.2) is 0 Å². The molecule has 1 saturated heterocycles. The summed E-state index contributed by atoms with van der Waals surface area (Å²) in [4.78, 5) is 0. The molecule has 0 aromatic heterocycles. The van der Waals surface area contributed by atoms with Gasteiger partial charge in [0.25, 0.3) is 0 Å². The topological polar surface area (TPSA) is 21.3 Å². The van der Waals surface area contributed by atoms with E-state index in [1.54, 1.807) is 0 Å². The molecule has 1 unspecified atom stereocenters. The summed E-state index contributed by atoms with van der Waals surface area (Å²) in [6, 6.07) is 0.814. The molecule has 17 heavy (non-hydrogen) atoms. The van der Waals surface area contributed by atoms with E-state index in [1.165, 1.54) is 70.8 Å². The van der Waals surface area contributed by atoms with Gasteiger partial charge in [0.05, 0.1) is 0 Å². The molecule has 0 saturated carbocycles. The van der Waals surface area contributed by atoms with Crippen LogP contribution in [0, 0.1) is 0 Å². The summed E-state index contributed by atoms with van der Waals surface area (Å²) in [5.74, 6) is 0. The van der Waals surface area contributed by atoms with Crippen LogP contribution in [-0.2, 0) is 4.74 Å². The molecule has 0 aromatic carbocycles. The van der Waals surface area contributed by atoms with E-state index in [1.807, 2.05) is 0 Å². The van der Waals surface area contributed by atoms with Crippen LogP contribution < -0.4 is 5.32 Å². The highest BCUT2D eigenvalue weighted by atomic mass is 16.5. The standard InChI is InChI=1S/C15H31NO/c1-2-3-8-13-17-14-9-4-5-10-15-11-6-7-12-16-15/h15-16H,2-14H2,1H3. The molecule has 2 nitrogen and oxygen atoms in total. The minimum atomic E-state index is 0.814. The molecule has 1 rings (SSSR count). The van der Waals surface area contributed by atoms with Gasteiger partial charge in [0.15, 0.2) is 0 Å². The van der Waals surface area contributed by atoms with Crippen molar-refractivity contribution in [3.8, 4) is 0 Å². The van der Waals surface area contributed by atoms with Crippen LogP contribution in [0.2, 0.25) is 0 Å². The van der Waals surface area contributed by atoms with E-state index in [0.717, 1.165) is 19.3 Å². The van der Waals surface area contributed by atoms with Crippen LogP contribution in [0.1, 0.15) is 71.1 Å². The fraction of sp³-hybridized carbons (Fsp3) is 1.00. The molecule has 102 valence electrons. The Bertz CT molecular complexity index is 155. The number of hydrogen-bond acceptors (Lipinski definition) is 2. The van der Waals surface area contributed by atoms with E-state index in [9.17, 15) is 0 Å². The molecule has 1 heterocycles. The van der Waals surface area contributed by atoms with Crippen LogP contribution in [0.3, 0.4) is 0 Å². The molecular formula is C15H31NO. The van der Waals surface area contributed by atoms with Gasteiger partial charge >= 0.3 is 0 Å². The molecule has 0 aliphatic carbocycles. The molecular weight excluding hydrogens is 210 g/mol. The summed E-state index contributed by atoms with van der Waals surface area (Å²) < 4.78 is 5.61. The highest BCUT2D eigenvalue weighted by molar-refractivity contribution is 4.71. The molecule has 1 atom stereocenters. The molecule has 1 aliphatic heterocycles. The van der Waals surface area contributed by atoms with Crippen molar-refractivity contribution in [1.82, 2.24) is 5.32 Å². The van der Waals surface area contributed by atoms with Gasteiger partial charge in [0.1, 0.15) is 0 Å². The van der Waals surface area contributed by atoms with Crippen molar-refractivity contribution in [2.24, 2.45) is 0 Å². The maximum Gasteiger partial charge on any atom is 0.0466 e. The Labute approximate surface area is 108 Å². The largest absolute Gasteiger partial charge is 0.381 e. The zero-order valence-corrected chi connectivity index (χ0v) is 11.7. The quantitative estimate of drug-likeness (QED) is 0.586. The molecule has 0 radical (unpaired) electrons. The lowest BCUT2D eigenvalue weighted by Gasteiger charge is -2.23. The first-order valence-electron chi connectivity index (χ1n) is 7.74. The average molecular weight is 241 g/mol.